The fourth-order valence-electron chi connectivity index (χ4n) is 3.10. The van der Waals surface area contributed by atoms with Crippen LogP contribution in [0.2, 0.25) is 0 Å². The molecule has 2 unspecified atom stereocenters. The molecule has 7 heteroatoms. The Morgan fingerprint density at radius 3 is 2.40 bits per heavy atom. The summed E-state index contributed by atoms with van der Waals surface area (Å²) in [6.45, 7) is 0.399. The number of benzene rings is 2. The Bertz CT molecular complexity index is 835. The van der Waals surface area contributed by atoms with Crippen LogP contribution in [0.1, 0.15) is 5.56 Å². The van der Waals surface area contributed by atoms with E-state index in [-0.39, 0.29) is 11.8 Å². The molecule has 2 aromatic carbocycles. The maximum absolute atomic E-state index is 12.8. The Kier molecular flexibility index (Phi) is 3.68. The first kappa shape index (κ1) is 15.3. The van der Waals surface area contributed by atoms with Gasteiger partial charge in [-0.1, -0.05) is 35.6 Å². The van der Waals surface area contributed by atoms with Crippen molar-refractivity contribution in [1.29, 1.82) is 0 Å². The highest BCUT2D eigenvalue weighted by atomic mass is 16.5. The SMILES string of the molecule is COc1ccc(CN2N=NC3C(=O)N(c4ccccc4)C(=O)C32)cc1. The average molecular weight is 336 g/mol. The number of hydrogen-bond donors (Lipinski definition) is 0. The second-order valence-electron chi connectivity index (χ2n) is 5.89. The number of nitrogens with zero attached hydrogens (tertiary/aromatic N) is 4. The number of rotatable bonds is 4. The van der Waals surface area contributed by atoms with E-state index in [2.05, 4.69) is 10.3 Å². The van der Waals surface area contributed by atoms with Crippen LogP contribution in [0.15, 0.2) is 64.9 Å². The quantitative estimate of drug-likeness (QED) is 0.802. The van der Waals surface area contributed by atoms with E-state index in [4.69, 9.17) is 4.74 Å². The third kappa shape index (κ3) is 2.53. The van der Waals surface area contributed by atoms with Gasteiger partial charge < -0.3 is 4.74 Å². The molecule has 2 aliphatic rings. The summed E-state index contributed by atoms with van der Waals surface area (Å²) in [6, 6.07) is 14.9. The van der Waals surface area contributed by atoms with Crippen LogP contribution in [0.5, 0.6) is 5.75 Å². The summed E-state index contributed by atoms with van der Waals surface area (Å²) in [6.07, 6.45) is 0. The second-order valence-corrected chi connectivity index (χ2v) is 5.89. The number of amides is 2. The predicted octanol–water partition coefficient (Wildman–Crippen LogP) is 2.19. The Morgan fingerprint density at radius 1 is 1.00 bits per heavy atom. The van der Waals surface area contributed by atoms with Crippen LogP contribution in [-0.4, -0.2) is 36.0 Å². The van der Waals surface area contributed by atoms with Gasteiger partial charge in [-0.3, -0.25) is 14.6 Å². The molecule has 4 rings (SSSR count). The van der Waals surface area contributed by atoms with Gasteiger partial charge in [-0.25, -0.2) is 4.90 Å². The predicted molar refractivity (Wildman–Crippen MR) is 89.9 cm³/mol. The van der Waals surface area contributed by atoms with E-state index in [0.717, 1.165) is 11.3 Å². The van der Waals surface area contributed by atoms with Gasteiger partial charge in [0.25, 0.3) is 11.8 Å². The highest BCUT2D eigenvalue weighted by Gasteiger charge is 2.54. The van der Waals surface area contributed by atoms with E-state index in [1.165, 1.54) is 4.90 Å². The van der Waals surface area contributed by atoms with Crippen molar-refractivity contribution in [2.24, 2.45) is 10.3 Å². The van der Waals surface area contributed by atoms with Gasteiger partial charge in [-0.05, 0) is 29.8 Å². The number of hydrogen-bond acceptors (Lipinski definition) is 6. The highest BCUT2D eigenvalue weighted by Crippen LogP contribution is 2.32. The Morgan fingerprint density at radius 2 is 1.72 bits per heavy atom. The van der Waals surface area contributed by atoms with Crippen LogP contribution in [0, 0.1) is 0 Å². The average Bonchev–Trinajstić information content (AvgIpc) is 3.17. The van der Waals surface area contributed by atoms with Crippen molar-refractivity contribution in [1.82, 2.24) is 5.01 Å². The van der Waals surface area contributed by atoms with E-state index in [9.17, 15) is 9.59 Å². The first-order valence-corrected chi connectivity index (χ1v) is 7.92. The van der Waals surface area contributed by atoms with Crippen LogP contribution in [-0.2, 0) is 16.1 Å². The maximum atomic E-state index is 12.8. The van der Waals surface area contributed by atoms with E-state index in [1.807, 2.05) is 30.3 Å². The lowest BCUT2D eigenvalue weighted by Crippen LogP contribution is -2.39. The van der Waals surface area contributed by atoms with Crippen molar-refractivity contribution in [3.63, 3.8) is 0 Å². The van der Waals surface area contributed by atoms with Crippen LogP contribution in [0.25, 0.3) is 0 Å². The number of anilines is 1. The molecule has 1 fully saturated rings. The van der Waals surface area contributed by atoms with Gasteiger partial charge in [-0.15, -0.1) is 0 Å². The largest absolute Gasteiger partial charge is 0.497 e. The lowest BCUT2D eigenvalue weighted by molar-refractivity contribution is -0.123. The number of fused-ring (bicyclic) bond motifs is 1. The van der Waals surface area contributed by atoms with Crippen molar-refractivity contribution < 1.29 is 14.3 Å². The maximum Gasteiger partial charge on any atom is 0.263 e. The van der Waals surface area contributed by atoms with E-state index < -0.39 is 12.1 Å². The van der Waals surface area contributed by atoms with Gasteiger partial charge >= 0.3 is 0 Å². The topological polar surface area (TPSA) is 74.6 Å². The summed E-state index contributed by atoms with van der Waals surface area (Å²) in [5.74, 6) is 0.133. The number of imide groups is 1. The number of methoxy groups -OCH3 is 1. The van der Waals surface area contributed by atoms with Crippen LogP contribution >= 0.6 is 0 Å². The van der Waals surface area contributed by atoms with Gasteiger partial charge in [0.1, 0.15) is 5.75 Å². The first-order chi connectivity index (χ1) is 12.2. The third-order valence-electron chi connectivity index (χ3n) is 4.38. The lowest BCUT2D eigenvalue weighted by atomic mass is 10.1. The van der Waals surface area contributed by atoms with Crippen molar-refractivity contribution in [2.45, 2.75) is 18.6 Å². The molecule has 1 saturated heterocycles. The molecule has 0 bridgehead atoms. The molecule has 0 saturated carbocycles. The van der Waals surface area contributed by atoms with Crippen molar-refractivity contribution in [3.05, 3.63) is 60.2 Å². The zero-order valence-electron chi connectivity index (χ0n) is 13.6. The molecule has 2 heterocycles. The Hall–Kier alpha value is -3.22. The zero-order valence-corrected chi connectivity index (χ0v) is 13.6. The Balaban J connectivity index is 1.56. The molecular formula is C18H16N4O3. The molecule has 2 atom stereocenters. The van der Waals surface area contributed by atoms with Crippen molar-refractivity contribution >= 4 is 17.5 Å². The molecule has 25 heavy (non-hydrogen) atoms. The smallest absolute Gasteiger partial charge is 0.263 e. The minimum absolute atomic E-state index is 0.292. The highest BCUT2D eigenvalue weighted by molar-refractivity contribution is 6.25. The van der Waals surface area contributed by atoms with E-state index in [0.29, 0.717) is 12.2 Å². The van der Waals surface area contributed by atoms with Crippen molar-refractivity contribution in [2.75, 3.05) is 12.0 Å². The van der Waals surface area contributed by atoms with Gasteiger partial charge in [0.2, 0.25) is 0 Å². The third-order valence-corrected chi connectivity index (χ3v) is 4.38. The normalized spacial score (nSPS) is 21.8. The fourth-order valence-corrected chi connectivity index (χ4v) is 3.10. The first-order valence-electron chi connectivity index (χ1n) is 7.92. The summed E-state index contributed by atoms with van der Waals surface area (Å²) in [5.41, 5.74) is 1.52. The molecule has 0 N–H and O–H groups in total. The number of carbonyl (C=O) groups excluding carboxylic acids is 2. The Labute approximate surface area is 144 Å². The lowest BCUT2D eigenvalue weighted by Gasteiger charge is -2.20. The molecule has 7 nitrogen and oxygen atoms in total. The summed E-state index contributed by atoms with van der Waals surface area (Å²) in [5, 5.41) is 9.66. The van der Waals surface area contributed by atoms with Crippen LogP contribution in [0.3, 0.4) is 0 Å². The summed E-state index contributed by atoms with van der Waals surface area (Å²) < 4.78 is 5.14. The fraction of sp³-hybridized carbons (Fsp3) is 0.222. The molecular weight excluding hydrogens is 320 g/mol. The summed E-state index contributed by atoms with van der Waals surface area (Å²) >= 11 is 0. The zero-order chi connectivity index (χ0) is 17.4. The molecule has 0 spiro atoms. The van der Waals surface area contributed by atoms with Crippen molar-refractivity contribution in [3.8, 4) is 5.75 Å². The second kappa shape index (κ2) is 6.01. The number of carbonyl (C=O) groups is 2. The molecule has 2 aromatic rings. The molecule has 2 amide bonds. The monoisotopic (exact) mass is 336 g/mol. The van der Waals surface area contributed by atoms with Gasteiger partial charge in [0, 0.05) is 0 Å². The van der Waals surface area contributed by atoms with Gasteiger partial charge in [0.05, 0.1) is 19.3 Å². The minimum Gasteiger partial charge on any atom is -0.497 e. The molecule has 0 aliphatic carbocycles. The summed E-state index contributed by atoms with van der Waals surface area (Å²) in [4.78, 5) is 26.6. The summed E-state index contributed by atoms with van der Waals surface area (Å²) in [7, 11) is 1.61. The van der Waals surface area contributed by atoms with Gasteiger partial charge in [0.15, 0.2) is 12.1 Å². The van der Waals surface area contributed by atoms with Gasteiger partial charge in [-0.2, -0.15) is 5.11 Å². The molecule has 0 radical (unpaired) electrons. The molecule has 126 valence electrons. The van der Waals surface area contributed by atoms with Crippen LogP contribution in [0.4, 0.5) is 5.69 Å². The minimum atomic E-state index is -0.772. The molecule has 0 aromatic heterocycles. The standard InChI is InChI=1S/C18H16N4O3/c1-25-14-9-7-12(8-10-14)11-21-16-15(19-20-21)17(23)22(18(16)24)13-5-3-2-4-6-13/h2-10,15-16H,11H2,1H3. The van der Waals surface area contributed by atoms with E-state index >= 15 is 0 Å². The van der Waals surface area contributed by atoms with E-state index in [1.54, 1.807) is 36.4 Å². The number of para-hydroxylation sites is 1. The van der Waals surface area contributed by atoms with Crippen LogP contribution < -0.4 is 9.64 Å². The number of ether oxygens (including phenoxy) is 1. The molecule has 2 aliphatic heterocycles.